The first-order chi connectivity index (χ1) is 6.81. The molecule has 0 aliphatic heterocycles. The number of carbonyl (C=O) groups is 1. The molecule has 1 rings (SSSR count). The molecule has 0 saturated carbocycles. The summed E-state index contributed by atoms with van der Waals surface area (Å²) in [6.07, 6.45) is 1.31. The van der Waals surface area contributed by atoms with Crippen LogP contribution in [0.3, 0.4) is 0 Å². The Kier molecular flexibility index (Phi) is 3.64. The van der Waals surface area contributed by atoms with Gasteiger partial charge in [-0.15, -0.1) is 0 Å². The van der Waals surface area contributed by atoms with Crippen LogP contribution in [0.4, 0.5) is 4.39 Å². The highest BCUT2D eigenvalue weighted by molar-refractivity contribution is 14.1. The molecule has 0 aliphatic carbocycles. The molecule has 0 radical (unpaired) electrons. The van der Waals surface area contributed by atoms with Crippen LogP contribution in [0.1, 0.15) is 31.1 Å². The van der Waals surface area contributed by atoms with Gasteiger partial charge in [0.25, 0.3) is 0 Å². The minimum atomic E-state index is -0.795. The minimum absolute atomic E-state index is 0.104. The number of halogens is 2. The fourth-order valence-electron chi connectivity index (χ4n) is 0.925. The van der Waals surface area contributed by atoms with Gasteiger partial charge in [0, 0.05) is 9.77 Å². The zero-order chi connectivity index (χ0) is 11.6. The summed E-state index contributed by atoms with van der Waals surface area (Å²) in [7, 11) is 0. The molecule has 0 amide bonds. The summed E-state index contributed by atoms with van der Waals surface area (Å²) in [5.74, 6) is -1.48. The highest BCUT2D eigenvalue weighted by Gasteiger charge is 2.23. The number of nitrogens with zero attached hydrogens (tertiary/aromatic N) is 1. The third-order valence-corrected chi connectivity index (χ3v) is 2.36. The maximum atomic E-state index is 13.3. The first-order valence-electron chi connectivity index (χ1n) is 4.34. The lowest BCUT2D eigenvalue weighted by molar-refractivity contribution is 0.00624. The highest BCUT2D eigenvalue weighted by Crippen LogP contribution is 2.18. The van der Waals surface area contributed by atoms with Crippen LogP contribution < -0.4 is 0 Å². The molecule has 5 heteroatoms. The van der Waals surface area contributed by atoms with Crippen molar-refractivity contribution in [3.63, 3.8) is 0 Å². The second kappa shape index (κ2) is 4.42. The Hall–Kier alpha value is -0.720. The zero-order valence-electron chi connectivity index (χ0n) is 8.67. The number of esters is 1. The average molecular weight is 323 g/mol. The second-order valence-electron chi connectivity index (χ2n) is 3.96. The standard InChI is InChI=1S/C10H11FINO2/c1-10(2,3)15-9(14)7-6(12)4-5-13-8(7)11/h4-5H,1-3H3. The first-order valence-corrected chi connectivity index (χ1v) is 5.42. The van der Waals surface area contributed by atoms with Crippen molar-refractivity contribution in [2.24, 2.45) is 0 Å². The second-order valence-corrected chi connectivity index (χ2v) is 5.12. The molecule has 0 spiro atoms. The lowest BCUT2D eigenvalue weighted by Crippen LogP contribution is -2.25. The number of aromatic nitrogens is 1. The summed E-state index contributed by atoms with van der Waals surface area (Å²) in [4.78, 5) is 15.0. The molecule has 1 aromatic rings. The van der Waals surface area contributed by atoms with Gasteiger partial charge < -0.3 is 4.74 Å². The van der Waals surface area contributed by atoms with Crippen LogP contribution >= 0.6 is 22.6 Å². The summed E-state index contributed by atoms with van der Waals surface area (Å²) in [6.45, 7) is 5.18. The summed E-state index contributed by atoms with van der Waals surface area (Å²) < 4.78 is 18.8. The molecule has 0 saturated heterocycles. The van der Waals surface area contributed by atoms with Crippen molar-refractivity contribution in [3.8, 4) is 0 Å². The van der Waals surface area contributed by atoms with Crippen LogP contribution in [-0.4, -0.2) is 16.6 Å². The van der Waals surface area contributed by atoms with E-state index < -0.39 is 17.5 Å². The van der Waals surface area contributed by atoms with Crippen molar-refractivity contribution in [3.05, 3.63) is 27.3 Å². The molecular formula is C10H11FINO2. The maximum Gasteiger partial charge on any atom is 0.344 e. The lowest BCUT2D eigenvalue weighted by atomic mass is 10.2. The van der Waals surface area contributed by atoms with E-state index in [2.05, 4.69) is 4.98 Å². The SMILES string of the molecule is CC(C)(C)OC(=O)c1c(I)ccnc1F. The van der Waals surface area contributed by atoms with E-state index in [1.54, 1.807) is 26.8 Å². The van der Waals surface area contributed by atoms with Crippen LogP contribution in [0.25, 0.3) is 0 Å². The molecule has 0 aliphatic rings. The molecule has 0 aromatic carbocycles. The van der Waals surface area contributed by atoms with Gasteiger partial charge in [0.1, 0.15) is 11.2 Å². The molecular weight excluding hydrogens is 312 g/mol. The monoisotopic (exact) mass is 323 g/mol. The number of pyridine rings is 1. The van der Waals surface area contributed by atoms with Crippen molar-refractivity contribution in [1.29, 1.82) is 0 Å². The third-order valence-electron chi connectivity index (χ3n) is 1.46. The van der Waals surface area contributed by atoms with E-state index in [0.29, 0.717) is 3.57 Å². The van der Waals surface area contributed by atoms with Gasteiger partial charge in [0.05, 0.1) is 0 Å². The van der Waals surface area contributed by atoms with Gasteiger partial charge in [0.2, 0.25) is 5.95 Å². The van der Waals surface area contributed by atoms with Crippen molar-refractivity contribution < 1.29 is 13.9 Å². The van der Waals surface area contributed by atoms with Gasteiger partial charge in [-0.2, -0.15) is 4.39 Å². The van der Waals surface area contributed by atoms with Crippen molar-refractivity contribution in [2.75, 3.05) is 0 Å². The smallest absolute Gasteiger partial charge is 0.344 e. The van der Waals surface area contributed by atoms with E-state index in [1.165, 1.54) is 6.20 Å². The van der Waals surface area contributed by atoms with E-state index in [-0.39, 0.29) is 5.56 Å². The van der Waals surface area contributed by atoms with E-state index in [1.807, 2.05) is 22.6 Å². The van der Waals surface area contributed by atoms with Crippen LogP contribution in [0.15, 0.2) is 12.3 Å². The summed E-state index contributed by atoms with van der Waals surface area (Å²) in [5.41, 5.74) is -0.740. The van der Waals surface area contributed by atoms with Gasteiger partial charge in [0.15, 0.2) is 0 Å². The topological polar surface area (TPSA) is 39.2 Å². The first kappa shape index (κ1) is 12.4. The van der Waals surface area contributed by atoms with E-state index in [4.69, 9.17) is 4.74 Å². The summed E-state index contributed by atoms with van der Waals surface area (Å²) in [5, 5.41) is 0. The number of rotatable bonds is 1. The van der Waals surface area contributed by atoms with Gasteiger partial charge in [-0.3, -0.25) is 0 Å². The molecule has 1 aromatic heterocycles. The predicted molar refractivity (Wildman–Crippen MR) is 62.1 cm³/mol. The molecule has 0 N–H and O–H groups in total. The molecule has 3 nitrogen and oxygen atoms in total. The Labute approximate surface area is 101 Å². The average Bonchev–Trinajstić information content (AvgIpc) is 1.99. The van der Waals surface area contributed by atoms with Gasteiger partial charge >= 0.3 is 5.97 Å². The molecule has 82 valence electrons. The van der Waals surface area contributed by atoms with Gasteiger partial charge in [-0.25, -0.2) is 9.78 Å². The number of carbonyl (C=O) groups excluding carboxylic acids is 1. The highest BCUT2D eigenvalue weighted by atomic mass is 127. The summed E-state index contributed by atoms with van der Waals surface area (Å²) >= 11 is 1.87. The zero-order valence-corrected chi connectivity index (χ0v) is 10.8. The summed E-state index contributed by atoms with van der Waals surface area (Å²) in [6, 6.07) is 1.56. The molecule has 0 atom stereocenters. The largest absolute Gasteiger partial charge is 0.456 e. The molecule has 0 fully saturated rings. The van der Waals surface area contributed by atoms with Crippen LogP contribution in [0.2, 0.25) is 0 Å². The van der Waals surface area contributed by atoms with E-state index >= 15 is 0 Å². The quantitative estimate of drug-likeness (QED) is 0.453. The van der Waals surface area contributed by atoms with Crippen LogP contribution in [0.5, 0.6) is 0 Å². The minimum Gasteiger partial charge on any atom is -0.456 e. The maximum absolute atomic E-state index is 13.3. The Morgan fingerprint density at radius 1 is 1.53 bits per heavy atom. The third kappa shape index (κ3) is 3.40. The van der Waals surface area contributed by atoms with Gasteiger partial charge in [-0.1, -0.05) is 0 Å². The van der Waals surface area contributed by atoms with Crippen molar-refractivity contribution >= 4 is 28.6 Å². The number of ether oxygens (including phenoxy) is 1. The molecule has 0 bridgehead atoms. The van der Waals surface area contributed by atoms with Crippen LogP contribution in [0, 0.1) is 9.52 Å². The number of hydrogen-bond donors (Lipinski definition) is 0. The normalized spacial score (nSPS) is 11.3. The molecule has 0 unspecified atom stereocenters. The van der Waals surface area contributed by atoms with Gasteiger partial charge in [-0.05, 0) is 49.4 Å². The fraction of sp³-hybridized carbons (Fsp3) is 0.400. The number of hydrogen-bond acceptors (Lipinski definition) is 3. The Bertz CT molecular complexity index is 367. The van der Waals surface area contributed by atoms with Crippen LogP contribution in [-0.2, 0) is 4.74 Å². The molecule has 1 heterocycles. The Morgan fingerprint density at radius 2 is 2.13 bits per heavy atom. The van der Waals surface area contributed by atoms with Crippen molar-refractivity contribution in [1.82, 2.24) is 4.98 Å². The van der Waals surface area contributed by atoms with E-state index in [9.17, 15) is 9.18 Å². The Balaban J connectivity index is 3.02. The molecule has 15 heavy (non-hydrogen) atoms. The van der Waals surface area contributed by atoms with E-state index in [0.717, 1.165) is 0 Å². The Morgan fingerprint density at radius 3 is 2.60 bits per heavy atom. The lowest BCUT2D eigenvalue weighted by Gasteiger charge is -2.19. The van der Waals surface area contributed by atoms with Crippen molar-refractivity contribution in [2.45, 2.75) is 26.4 Å². The fourth-order valence-corrected chi connectivity index (χ4v) is 1.53. The predicted octanol–water partition coefficient (Wildman–Crippen LogP) is 2.78.